The second-order valence-electron chi connectivity index (χ2n) is 13.4. The smallest absolute Gasteiger partial charge is 0.332 e. The van der Waals surface area contributed by atoms with Crippen LogP contribution in [0.15, 0.2) is 36.7 Å². The summed E-state index contributed by atoms with van der Waals surface area (Å²) in [6.45, 7) is 2.34. The first kappa shape index (κ1) is 39.9. The highest BCUT2D eigenvalue weighted by Crippen LogP contribution is 2.42. The number of unbranched alkanes of at least 4 members (excludes halogenated alkanes) is 16. The van der Waals surface area contributed by atoms with E-state index in [0.717, 1.165) is 25.0 Å². The summed E-state index contributed by atoms with van der Waals surface area (Å²) >= 11 is 0. The summed E-state index contributed by atoms with van der Waals surface area (Å²) < 4.78 is 39.6. The third kappa shape index (κ3) is 13.7. The summed E-state index contributed by atoms with van der Waals surface area (Å²) in [7, 11) is -2.24. The molecular formula is C38H57FN5O5P. The van der Waals surface area contributed by atoms with Crippen molar-refractivity contribution in [2.75, 3.05) is 12.3 Å². The molecule has 2 aromatic heterocycles. The van der Waals surface area contributed by atoms with Crippen LogP contribution in [0.1, 0.15) is 153 Å². The van der Waals surface area contributed by atoms with Gasteiger partial charge in [-0.25, -0.2) is 13.9 Å². The highest BCUT2D eigenvalue weighted by Gasteiger charge is 2.32. The predicted molar refractivity (Wildman–Crippen MR) is 195 cm³/mol. The van der Waals surface area contributed by atoms with Crippen LogP contribution in [0.2, 0.25) is 0 Å². The van der Waals surface area contributed by atoms with Crippen molar-refractivity contribution >= 4 is 19.9 Å². The molecule has 3 aromatic rings. The molecule has 0 amide bonds. The second kappa shape index (κ2) is 22.8. The van der Waals surface area contributed by atoms with Crippen LogP contribution in [0.4, 0.5) is 10.2 Å². The predicted octanol–water partition coefficient (Wildman–Crippen LogP) is 10.2. The van der Waals surface area contributed by atoms with Gasteiger partial charge >= 0.3 is 8.60 Å². The Labute approximate surface area is 298 Å². The molecule has 3 N–H and O–H groups in total. The van der Waals surface area contributed by atoms with Gasteiger partial charge in [0.2, 0.25) is 0 Å². The number of ether oxygens (including phenoxy) is 2. The molecule has 4 rings (SSSR count). The molecule has 4 unspecified atom stereocenters. The van der Waals surface area contributed by atoms with E-state index < -0.39 is 26.8 Å². The molecule has 0 radical (unpaired) electrons. The van der Waals surface area contributed by atoms with Gasteiger partial charge in [0.05, 0.1) is 17.9 Å². The fourth-order valence-electron chi connectivity index (χ4n) is 6.52. The van der Waals surface area contributed by atoms with Gasteiger partial charge in [-0.2, -0.15) is 10.4 Å². The van der Waals surface area contributed by atoms with E-state index in [1.165, 1.54) is 108 Å². The molecule has 1 aromatic carbocycles. The lowest BCUT2D eigenvalue weighted by molar-refractivity contribution is -0.0836. The number of hydrogen-bond donors (Lipinski definition) is 2. The van der Waals surface area contributed by atoms with E-state index in [2.05, 4.69) is 17.0 Å². The number of rotatable bonds is 26. The Balaban J connectivity index is 1.12. The minimum Gasteiger partial charge on any atom is -0.488 e. The van der Waals surface area contributed by atoms with Gasteiger partial charge in [-0.15, -0.1) is 0 Å². The minimum atomic E-state index is -2.24. The van der Waals surface area contributed by atoms with E-state index in [-0.39, 0.29) is 18.3 Å². The van der Waals surface area contributed by atoms with Gasteiger partial charge in [-0.1, -0.05) is 110 Å². The molecule has 4 atom stereocenters. The van der Waals surface area contributed by atoms with Gasteiger partial charge in [0.1, 0.15) is 41.7 Å². The maximum absolute atomic E-state index is 14.3. The van der Waals surface area contributed by atoms with Crippen LogP contribution < -0.4 is 10.5 Å². The third-order valence-corrected chi connectivity index (χ3v) is 10.2. The van der Waals surface area contributed by atoms with Crippen LogP contribution in [0.25, 0.3) is 5.52 Å². The standard InChI is InChI=1S/C38H57FN5O5P/c1-2-3-4-5-6-7-8-9-10-11-12-13-14-15-16-17-18-19-32(47-31-21-20-30(27-40)33(39)26-31)28-46-50(45)49-37-25-24-36(48-37)34-22-23-35-38(41)42-29-43-44(34)35/h20-23,26,29,32,36-37,45H,2-19,24-25,28H2,1H3,(H2,41,42,43). The Kier molecular flexibility index (Phi) is 18.2. The highest BCUT2D eigenvalue weighted by atomic mass is 31.2. The number of hydrogen-bond acceptors (Lipinski definition) is 9. The summed E-state index contributed by atoms with van der Waals surface area (Å²) in [6, 6.07) is 9.79. The van der Waals surface area contributed by atoms with Gasteiger partial charge < -0.3 is 24.6 Å². The van der Waals surface area contributed by atoms with Crippen LogP contribution in [0.5, 0.6) is 5.75 Å². The fraction of sp³-hybridized carbons (Fsp3) is 0.658. The molecule has 12 heteroatoms. The molecular weight excluding hydrogens is 656 g/mol. The van der Waals surface area contributed by atoms with E-state index in [1.807, 2.05) is 18.2 Å². The van der Waals surface area contributed by atoms with Gasteiger partial charge in [-0.05, 0) is 43.5 Å². The summed E-state index contributed by atoms with van der Waals surface area (Å²) in [4.78, 5) is 14.7. The van der Waals surface area contributed by atoms with Crippen LogP contribution >= 0.6 is 8.60 Å². The summed E-state index contributed by atoms with van der Waals surface area (Å²) in [5, 5.41) is 13.4. The highest BCUT2D eigenvalue weighted by molar-refractivity contribution is 7.40. The summed E-state index contributed by atoms with van der Waals surface area (Å²) in [5.41, 5.74) is 7.46. The number of fused-ring (bicyclic) bond motifs is 1. The zero-order valence-corrected chi connectivity index (χ0v) is 30.7. The Morgan fingerprint density at radius 3 is 2.22 bits per heavy atom. The lowest BCUT2D eigenvalue weighted by atomic mass is 10.0. The second-order valence-corrected chi connectivity index (χ2v) is 14.4. The van der Waals surface area contributed by atoms with Crippen LogP contribution in [-0.2, 0) is 13.8 Å². The van der Waals surface area contributed by atoms with E-state index >= 15 is 0 Å². The van der Waals surface area contributed by atoms with Gasteiger partial charge in [0.25, 0.3) is 0 Å². The van der Waals surface area contributed by atoms with Crippen molar-refractivity contribution in [3.63, 3.8) is 0 Å². The van der Waals surface area contributed by atoms with Crippen molar-refractivity contribution in [1.29, 1.82) is 5.26 Å². The van der Waals surface area contributed by atoms with E-state index in [0.29, 0.717) is 36.3 Å². The van der Waals surface area contributed by atoms with Gasteiger partial charge in [-0.3, -0.25) is 4.52 Å². The normalized spacial score (nSPS) is 17.2. The monoisotopic (exact) mass is 713 g/mol. The molecule has 1 aliphatic rings. The number of aromatic nitrogens is 3. The zero-order valence-electron chi connectivity index (χ0n) is 29.8. The number of benzene rings is 1. The topological polar surface area (TPSA) is 137 Å². The molecule has 0 spiro atoms. The fourth-order valence-corrected chi connectivity index (χ4v) is 7.23. The number of nitrogens with two attached hydrogens (primary N) is 1. The Morgan fingerprint density at radius 1 is 0.960 bits per heavy atom. The van der Waals surface area contributed by atoms with Crippen molar-refractivity contribution in [1.82, 2.24) is 14.6 Å². The first-order valence-corrected chi connectivity index (χ1v) is 20.0. The molecule has 10 nitrogen and oxygen atoms in total. The minimum absolute atomic E-state index is 0.0375. The van der Waals surface area contributed by atoms with Crippen LogP contribution in [0, 0.1) is 17.1 Å². The summed E-state index contributed by atoms with van der Waals surface area (Å²) in [5.74, 6) is 0.0730. The molecule has 1 saturated heterocycles. The lowest BCUT2D eigenvalue weighted by Crippen LogP contribution is -2.23. The van der Waals surface area contributed by atoms with Crippen molar-refractivity contribution in [3.8, 4) is 11.8 Å². The molecule has 1 aliphatic heterocycles. The largest absolute Gasteiger partial charge is 0.488 e. The lowest BCUT2D eigenvalue weighted by Gasteiger charge is -2.22. The van der Waals surface area contributed by atoms with Crippen molar-refractivity contribution in [2.24, 2.45) is 0 Å². The maximum Gasteiger partial charge on any atom is 0.332 e. The average Bonchev–Trinajstić information content (AvgIpc) is 3.76. The SMILES string of the molecule is CCCCCCCCCCCCCCCCCCCC(COP(O)OC1CCC(c2ccc3c(N)ncnn23)O1)Oc1ccc(C#N)c(F)c1. The number of anilines is 1. The maximum atomic E-state index is 14.3. The number of nitrogen functional groups attached to an aromatic ring is 1. The number of nitriles is 1. The Hall–Kier alpha value is -2.87. The van der Waals surface area contributed by atoms with E-state index in [9.17, 15) is 9.28 Å². The van der Waals surface area contributed by atoms with Crippen LogP contribution in [0.3, 0.4) is 0 Å². The van der Waals surface area contributed by atoms with Crippen molar-refractivity contribution in [2.45, 2.75) is 154 Å². The Bertz CT molecular complexity index is 1440. The number of halogens is 1. The molecule has 1 fully saturated rings. The zero-order chi connectivity index (χ0) is 35.4. The molecule has 0 saturated carbocycles. The number of nitrogens with zero attached hydrogens (tertiary/aromatic N) is 4. The molecule has 50 heavy (non-hydrogen) atoms. The van der Waals surface area contributed by atoms with Gasteiger partial charge in [0, 0.05) is 12.5 Å². The van der Waals surface area contributed by atoms with E-state index in [4.69, 9.17) is 29.5 Å². The van der Waals surface area contributed by atoms with Crippen LogP contribution in [-0.4, -0.2) is 38.5 Å². The van der Waals surface area contributed by atoms with E-state index in [1.54, 1.807) is 10.6 Å². The molecule has 3 heterocycles. The quantitative estimate of drug-likeness (QED) is 0.0615. The van der Waals surface area contributed by atoms with Crippen molar-refractivity contribution < 1.29 is 27.8 Å². The molecule has 276 valence electrons. The average molecular weight is 714 g/mol. The van der Waals surface area contributed by atoms with Crippen molar-refractivity contribution in [3.05, 3.63) is 53.7 Å². The van der Waals surface area contributed by atoms with Gasteiger partial charge in [0.15, 0.2) is 12.1 Å². The first-order chi connectivity index (χ1) is 24.5. The first-order valence-electron chi connectivity index (χ1n) is 18.9. The summed E-state index contributed by atoms with van der Waals surface area (Å²) in [6.07, 6.45) is 24.1. The molecule has 0 bridgehead atoms. The molecule has 0 aliphatic carbocycles. The third-order valence-electron chi connectivity index (χ3n) is 9.39. The Morgan fingerprint density at radius 2 is 1.60 bits per heavy atom.